The van der Waals surface area contributed by atoms with Crippen molar-refractivity contribution in [1.82, 2.24) is 5.32 Å². The van der Waals surface area contributed by atoms with Gasteiger partial charge in [-0.1, -0.05) is 19.3 Å². The Kier molecular flexibility index (Phi) is 4.87. The molecular weight excluding hydrogens is 226 g/mol. The van der Waals surface area contributed by atoms with Gasteiger partial charge in [-0.05, 0) is 39.5 Å². The molecule has 0 amide bonds. The van der Waals surface area contributed by atoms with Crippen LogP contribution in [0.4, 0.5) is 0 Å². The van der Waals surface area contributed by atoms with E-state index in [1.54, 1.807) is 0 Å². The molecule has 2 rings (SSSR count). The molecule has 104 valence electrons. The van der Waals surface area contributed by atoms with Crippen LogP contribution in [0.2, 0.25) is 0 Å². The number of hydrogen-bond acceptors (Lipinski definition) is 2. The summed E-state index contributed by atoms with van der Waals surface area (Å²) in [5.74, 6) is 0.634. The van der Waals surface area contributed by atoms with Crippen LogP contribution in [-0.2, 0) is 4.74 Å². The lowest BCUT2D eigenvalue weighted by atomic mass is 9.89. The Morgan fingerprint density at radius 3 is 2.50 bits per heavy atom. The molecule has 0 aliphatic heterocycles. The number of nitrogens with one attached hydrogen (secondary N) is 1. The van der Waals surface area contributed by atoms with E-state index in [9.17, 15) is 0 Å². The fourth-order valence-corrected chi connectivity index (χ4v) is 2.83. The van der Waals surface area contributed by atoms with Crippen LogP contribution in [0.15, 0.2) is 4.99 Å². The van der Waals surface area contributed by atoms with Crippen LogP contribution < -0.4 is 11.1 Å². The molecule has 0 bridgehead atoms. The van der Waals surface area contributed by atoms with E-state index in [-0.39, 0.29) is 0 Å². The van der Waals surface area contributed by atoms with Crippen LogP contribution in [-0.4, -0.2) is 30.3 Å². The van der Waals surface area contributed by atoms with E-state index in [2.05, 4.69) is 24.2 Å². The lowest BCUT2D eigenvalue weighted by Gasteiger charge is -2.37. The molecule has 0 aromatic carbocycles. The van der Waals surface area contributed by atoms with Crippen LogP contribution in [0, 0.1) is 0 Å². The zero-order chi connectivity index (χ0) is 13.0. The molecule has 2 fully saturated rings. The molecule has 3 N–H and O–H groups in total. The van der Waals surface area contributed by atoms with Crippen LogP contribution in [0.1, 0.15) is 58.8 Å². The average molecular weight is 253 g/mol. The number of hydrogen-bond donors (Lipinski definition) is 2. The van der Waals surface area contributed by atoms with Gasteiger partial charge < -0.3 is 15.8 Å². The number of guanidine groups is 1. The first-order valence-electron chi connectivity index (χ1n) is 7.38. The second-order valence-corrected chi connectivity index (χ2v) is 5.93. The van der Waals surface area contributed by atoms with E-state index in [1.165, 1.54) is 32.1 Å². The maximum absolute atomic E-state index is 5.96. The maximum Gasteiger partial charge on any atom is 0.189 e. The van der Waals surface area contributed by atoms with Gasteiger partial charge in [0, 0.05) is 6.04 Å². The lowest BCUT2D eigenvalue weighted by molar-refractivity contribution is -0.0466. The fourth-order valence-electron chi connectivity index (χ4n) is 2.83. The van der Waals surface area contributed by atoms with Crippen molar-refractivity contribution in [1.29, 1.82) is 0 Å². The summed E-state index contributed by atoms with van der Waals surface area (Å²) in [6.45, 7) is 4.17. The van der Waals surface area contributed by atoms with Gasteiger partial charge in [0.2, 0.25) is 0 Å². The highest BCUT2D eigenvalue weighted by Crippen LogP contribution is 2.24. The van der Waals surface area contributed by atoms with Gasteiger partial charge >= 0.3 is 0 Å². The SMILES string of the molecule is CC(C)OC1CC(NC(N)=NC2CCCCC2)C1. The number of ether oxygens (including phenoxy) is 1. The third-order valence-corrected chi connectivity index (χ3v) is 3.81. The minimum Gasteiger partial charge on any atom is -0.375 e. The third kappa shape index (κ3) is 4.16. The van der Waals surface area contributed by atoms with Crippen molar-refractivity contribution < 1.29 is 4.74 Å². The molecule has 0 saturated heterocycles. The van der Waals surface area contributed by atoms with Crippen molar-refractivity contribution in [2.75, 3.05) is 0 Å². The smallest absolute Gasteiger partial charge is 0.189 e. The zero-order valence-electron chi connectivity index (χ0n) is 11.7. The largest absolute Gasteiger partial charge is 0.375 e. The maximum atomic E-state index is 5.96. The molecule has 0 spiro atoms. The van der Waals surface area contributed by atoms with E-state index in [0.717, 1.165) is 12.8 Å². The Balaban J connectivity index is 1.66. The van der Waals surface area contributed by atoms with E-state index in [1.807, 2.05) is 0 Å². The monoisotopic (exact) mass is 253 g/mol. The number of nitrogens with zero attached hydrogens (tertiary/aromatic N) is 1. The van der Waals surface area contributed by atoms with E-state index >= 15 is 0 Å². The highest BCUT2D eigenvalue weighted by Gasteiger charge is 2.30. The van der Waals surface area contributed by atoms with E-state index in [0.29, 0.717) is 30.3 Å². The summed E-state index contributed by atoms with van der Waals surface area (Å²) in [4.78, 5) is 4.59. The molecule has 18 heavy (non-hydrogen) atoms. The van der Waals surface area contributed by atoms with Crippen LogP contribution in [0.5, 0.6) is 0 Å². The van der Waals surface area contributed by atoms with Crippen molar-refractivity contribution in [3.05, 3.63) is 0 Å². The molecule has 0 atom stereocenters. The third-order valence-electron chi connectivity index (χ3n) is 3.81. The first-order chi connectivity index (χ1) is 8.63. The normalized spacial score (nSPS) is 30.3. The predicted molar refractivity (Wildman–Crippen MR) is 74.7 cm³/mol. The van der Waals surface area contributed by atoms with Gasteiger partial charge in [-0.15, -0.1) is 0 Å². The number of rotatable bonds is 4. The van der Waals surface area contributed by atoms with Gasteiger partial charge in [0.1, 0.15) is 0 Å². The molecule has 4 nitrogen and oxygen atoms in total. The summed E-state index contributed by atoms with van der Waals surface area (Å²) in [6.07, 6.45) is 9.20. The molecule has 0 aromatic rings. The molecular formula is C14H27N3O. The van der Waals surface area contributed by atoms with Crippen molar-refractivity contribution in [3.8, 4) is 0 Å². The molecule has 2 aliphatic rings. The van der Waals surface area contributed by atoms with Crippen molar-refractivity contribution in [2.24, 2.45) is 10.7 Å². The summed E-state index contributed by atoms with van der Waals surface area (Å²) < 4.78 is 5.73. The fraction of sp³-hybridized carbons (Fsp3) is 0.929. The first kappa shape index (κ1) is 13.7. The summed E-state index contributed by atoms with van der Waals surface area (Å²) in [7, 11) is 0. The van der Waals surface area contributed by atoms with Crippen LogP contribution >= 0.6 is 0 Å². The lowest BCUT2D eigenvalue weighted by Crippen LogP contribution is -2.51. The van der Waals surface area contributed by atoms with Crippen LogP contribution in [0.3, 0.4) is 0 Å². The first-order valence-corrected chi connectivity index (χ1v) is 7.38. The van der Waals surface area contributed by atoms with Crippen LogP contribution in [0.25, 0.3) is 0 Å². The number of aliphatic imine (C=N–C) groups is 1. The Hall–Kier alpha value is -0.770. The molecule has 4 heteroatoms. The molecule has 0 unspecified atom stereocenters. The Morgan fingerprint density at radius 1 is 1.22 bits per heavy atom. The van der Waals surface area contributed by atoms with Crippen molar-refractivity contribution in [3.63, 3.8) is 0 Å². The Bertz CT molecular complexity index is 279. The minimum absolute atomic E-state index is 0.323. The van der Waals surface area contributed by atoms with Gasteiger partial charge in [0.05, 0.1) is 18.2 Å². The van der Waals surface area contributed by atoms with Gasteiger partial charge in [0.25, 0.3) is 0 Å². The van der Waals surface area contributed by atoms with Crippen molar-refractivity contribution >= 4 is 5.96 Å². The molecule has 2 saturated carbocycles. The van der Waals surface area contributed by atoms with Gasteiger partial charge in [-0.3, -0.25) is 4.99 Å². The summed E-state index contributed by atoms with van der Waals surface area (Å²) in [5, 5.41) is 3.31. The zero-order valence-corrected chi connectivity index (χ0v) is 11.7. The van der Waals surface area contributed by atoms with E-state index in [4.69, 9.17) is 10.5 Å². The summed E-state index contributed by atoms with van der Waals surface area (Å²) in [5.41, 5.74) is 5.96. The van der Waals surface area contributed by atoms with Gasteiger partial charge in [0.15, 0.2) is 5.96 Å². The van der Waals surface area contributed by atoms with E-state index < -0.39 is 0 Å². The molecule has 0 aromatic heterocycles. The summed E-state index contributed by atoms with van der Waals surface area (Å²) in [6, 6.07) is 0.912. The standard InChI is InChI=1S/C14H27N3O/c1-10(2)18-13-8-12(9-13)17-14(15)16-11-6-4-3-5-7-11/h10-13H,3-9H2,1-2H3,(H3,15,16,17). The molecule has 0 radical (unpaired) electrons. The molecule has 2 aliphatic carbocycles. The van der Waals surface area contributed by atoms with Crippen molar-refractivity contribution in [2.45, 2.75) is 83.1 Å². The topological polar surface area (TPSA) is 59.6 Å². The second-order valence-electron chi connectivity index (χ2n) is 5.93. The highest BCUT2D eigenvalue weighted by atomic mass is 16.5. The summed E-state index contributed by atoms with van der Waals surface area (Å²) >= 11 is 0. The highest BCUT2D eigenvalue weighted by molar-refractivity contribution is 5.78. The van der Waals surface area contributed by atoms with Gasteiger partial charge in [-0.25, -0.2) is 0 Å². The van der Waals surface area contributed by atoms with Gasteiger partial charge in [-0.2, -0.15) is 0 Å². The molecule has 0 heterocycles. The second kappa shape index (κ2) is 6.41. The number of nitrogens with two attached hydrogens (primary N) is 1. The minimum atomic E-state index is 0.323. The average Bonchev–Trinajstić information content (AvgIpc) is 2.27. The predicted octanol–water partition coefficient (Wildman–Crippen LogP) is 2.18. The Morgan fingerprint density at radius 2 is 1.89 bits per heavy atom. The quantitative estimate of drug-likeness (QED) is 0.596. The Labute approximate surface area is 110 Å².